The van der Waals surface area contributed by atoms with Gasteiger partial charge in [0.1, 0.15) is 22.3 Å². The molecule has 0 aliphatic carbocycles. The van der Waals surface area contributed by atoms with Gasteiger partial charge in [-0.2, -0.15) is 0 Å². The fourth-order valence-corrected chi connectivity index (χ4v) is 8.31. The van der Waals surface area contributed by atoms with Crippen LogP contribution in [-0.2, 0) is 0 Å². The van der Waals surface area contributed by atoms with Gasteiger partial charge in [-0.25, -0.2) is 0 Å². The summed E-state index contributed by atoms with van der Waals surface area (Å²) in [4.78, 5) is 2.35. The lowest BCUT2D eigenvalue weighted by molar-refractivity contribution is 0.668. The van der Waals surface area contributed by atoms with Gasteiger partial charge >= 0.3 is 0 Å². The van der Waals surface area contributed by atoms with E-state index in [0.29, 0.717) is 0 Å². The maximum Gasteiger partial charge on any atom is 0.137 e. The molecular formula is C52H33NO2. The molecule has 0 aliphatic rings. The van der Waals surface area contributed by atoms with Crippen molar-refractivity contribution in [1.82, 2.24) is 0 Å². The summed E-state index contributed by atoms with van der Waals surface area (Å²) in [5, 5.41) is 6.92. The number of hydrogen-bond donors (Lipinski definition) is 0. The number of nitrogens with zero attached hydrogens (tertiary/aromatic N) is 1. The van der Waals surface area contributed by atoms with E-state index in [1.54, 1.807) is 0 Å². The molecule has 0 amide bonds. The van der Waals surface area contributed by atoms with E-state index in [2.05, 4.69) is 181 Å². The molecule has 9 aromatic carbocycles. The van der Waals surface area contributed by atoms with Crippen molar-refractivity contribution < 1.29 is 8.83 Å². The zero-order chi connectivity index (χ0) is 36.3. The summed E-state index contributed by atoms with van der Waals surface area (Å²) in [6.45, 7) is 0. The average molecular weight is 704 g/mol. The van der Waals surface area contributed by atoms with Crippen LogP contribution in [0.5, 0.6) is 0 Å². The minimum Gasteiger partial charge on any atom is -0.456 e. The van der Waals surface area contributed by atoms with Gasteiger partial charge in [0.15, 0.2) is 0 Å². The topological polar surface area (TPSA) is 29.5 Å². The normalized spacial score (nSPS) is 11.6. The number of fused-ring (bicyclic) bond motifs is 7. The second-order valence-electron chi connectivity index (χ2n) is 14.1. The predicted octanol–water partition coefficient (Wildman–Crippen LogP) is 15.1. The molecule has 0 atom stereocenters. The lowest BCUT2D eigenvalue weighted by Gasteiger charge is -2.28. The van der Waals surface area contributed by atoms with E-state index in [1.165, 1.54) is 27.5 Å². The Balaban J connectivity index is 1.08. The van der Waals surface area contributed by atoms with Crippen LogP contribution < -0.4 is 4.90 Å². The minimum absolute atomic E-state index is 0.855. The molecule has 2 aromatic heterocycles. The van der Waals surface area contributed by atoms with Crippen LogP contribution in [0.15, 0.2) is 209 Å². The summed E-state index contributed by atoms with van der Waals surface area (Å²) < 4.78 is 12.6. The monoisotopic (exact) mass is 703 g/mol. The third-order valence-corrected chi connectivity index (χ3v) is 10.9. The first-order valence-electron chi connectivity index (χ1n) is 18.7. The van der Waals surface area contributed by atoms with Crippen LogP contribution in [-0.4, -0.2) is 0 Å². The SMILES string of the molecule is c1ccc(-c2cccc3ccccc23)c(-c2ccc(N(c3ccc4c(c3)oc3ccccc34)c3ccccc3-c3ccc4oc5ccccc5c4c3)cc2)c1. The highest BCUT2D eigenvalue weighted by molar-refractivity contribution is 6.08. The van der Waals surface area contributed by atoms with Gasteiger partial charge in [-0.1, -0.05) is 140 Å². The summed E-state index contributed by atoms with van der Waals surface area (Å²) in [7, 11) is 0. The van der Waals surface area contributed by atoms with Gasteiger partial charge < -0.3 is 13.7 Å². The largest absolute Gasteiger partial charge is 0.456 e. The molecule has 0 aliphatic heterocycles. The number of benzene rings is 9. The summed E-state index contributed by atoms with van der Waals surface area (Å²) in [6, 6.07) is 71.1. The Bertz CT molecular complexity index is 3220. The molecule has 0 saturated heterocycles. The Morgan fingerprint density at radius 1 is 0.291 bits per heavy atom. The smallest absolute Gasteiger partial charge is 0.137 e. The number of furan rings is 2. The van der Waals surface area contributed by atoms with Crippen LogP contribution >= 0.6 is 0 Å². The van der Waals surface area contributed by atoms with E-state index in [0.717, 1.165) is 77.6 Å². The van der Waals surface area contributed by atoms with Gasteiger partial charge in [0.25, 0.3) is 0 Å². The molecular weight excluding hydrogens is 671 g/mol. The molecule has 0 N–H and O–H groups in total. The first kappa shape index (κ1) is 31.2. The van der Waals surface area contributed by atoms with Crippen molar-refractivity contribution in [3.05, 3.63) is 200 Å². The highest BCUT2D eigenvalue weighted by Gasteiger charge is 2.20. The van der Waals surface area contributed by atoms with Gasteiger partial charge in [0.2, 0.25) is 0 Å². The van der Waals surface area contributed by atoms with E-state index in [-0.39, 0.29) is 0 Å². The Kier molecular flexibility index (Phi) is 7.17. The highest BCUT2D eigenvalue weighted by Crippen LogP contribution is 2.45. The van der Waals surface area contributed by atoms with Crippen LogP contribution in [0.4, 0.5) is 17.1 Å². The molecule has 0 radical (unpaired) electrons. The van der Waals surface area contributed by atoms with Gasteiger partial charge in [-0.05, 0) is 93.2 Å². The second kappa shape index (κ2) is 12.6. The summed E-state index contributed by atoms with van der Waals surface area (Å²) >= 11 is 0. The molecule has 3 heteroatoms. The Hall–Kier alpha value is -7.36. The fourth-order valence-electron chi connectivity index (χ4n) is 8.31. The maximum absolute atomic E-state index is 6.44. The van der Waals surface area contributed by atoms with E-state index in [9.17, 15) is 0 Å². The fraction of sp³-hybridized carbons (Fsp3) is 0. The zero-order valence-corrected chi connectivity index (χ0v) is 29.8. The van der Waals surface area contributed by atoms with Crippen LogP contribution in [0.25, 0.3) is 88.0 Å². The van der Waals surface area contributed by atoms with Crippen molar-refractivity contribution in [2.75, 3.05) is 4.90 Å². The first-order valence-corrected chi connectivity index (χ1v) is 18.7. The number of para-hydroxylation sites is 3. The molecule has 0 unspecified atom stereocenters. The summed E-state index contributed by atoms with van der Waals surface area (Å²) in [5.74, 6) is 0. The standard InChI is InChI=1S/C52H33NO2/c1-2-14-39-34(12-1)13-11-20-43(39)42-17-4-3-15-40(42)35-24-27-37(28-25-35)53(38-29-30-46-44-18-6-9-22-49(44)55-52(46)33-38)48-21-8-5-16-41(48)36-26-31-51-47(32-36)45-19-7-10-23-50(45)54-51/h1-33H. The Labute approximate surface area is 317 Å². The maximum atomic E-state index is 6.44. The lowest BCUT2D eigenvalue weighted by atomic mass is 9.91. The van der Waals surface area contributed by atoms with Crippen LogP contribution in [0, 0.1) is 0 Å². The molecule has 3 nitrogen and oxygen atoms in total. The van der Waals surface area contributed by atoms with Crippen molar-refractivity contribution in [3.63, 3.8) is 0 Å². The third kappa shape index (κ3) is 5.20. The quantitative estimate of drug-likeness (QED) is 0.173. The summed E-state index contributed by atoms with van der Waals surface area (Å²) in [5.41, 5.74) is 13.7. The van der Waals surface area contributed by atoms with Gasteiger partial charge in [0.05, 0.1) is 5.69 Å². The second-order valence-corrected chi connectivity index (χ2v) is 14.1. The van der Waals surface area contributed by atoms with E-state index < -0.39 is 0 Å². The highest BCUT2D eigenvalue weighted by atomic mass is 16.3. The molecule has 258 valence electrons. The van der Waals surface area contributed by atoms with Crippen LogP contribution in [0.3, 0.4) is 0 Å². The van der Waals surface area contributed by atoms with Gasteiger partial charge in [-0.15, -0.1) is 0 Å². The molecule has 55 heavy (non-hydrogen) atoms. The van der Waals surface area contributed by atoms with E-state index >= 15 is 0 Å². The molecule has 0 bridgehead atoms. The molecule has 11 rings (SSSR count). The van der Waals surface area contributed by atoms with Crippen molar-refractivity contribution >= 4 is 71.7 Å². The Morgan fingerprint density at radius 2 is 0.836 bits per heavy atom. The van der Waals surface area contributed by atoms with E-state index in [1.807, 2.05) is 24.3 Å². The molecule has 0 spiro atoms. The molecule has 2 heterocycles. The Morgan fingerprint density at radius 3 is 1.65 bits per heavy atom. The molecule has 0 saturated carbocycles. The average Bonchev–Trinajstić information content (AvgIpc) is 3.82. The van der Waals surface area contributed by atoms with Crippen molar-refractivity contribution in [2.24, 2.45) is 0 Å². The van der Waals surface area contributed by atoms with Crippen molar-refractivity contribution in [2.45, 2.75) is 0 Å². The zero-order valence-electron chi connectivity index (χ0n) is 29.8. The number of rotatable bonds is 6. The van der Waals surface area contributed by atoms with Gasteiger partial charge in [-0.3, -0.25) is 0 Å². The minimum atomic E-state index is 0.855. The van der Waals surface area contributed by atoms with Crippen molar-refractivity contribution in [3.8, 4) is 33.4 Å². The van der Waals surface area contributed by atoms with Crippen LogP contribution in [0.2, 0.25) is 0 Å². The van der Waals surface area contributed by atoms with Gasteiger partial charge in [0, 0.05) is 44.5 Å². The first-order chi connectivity index (χ1) is 27.3. The summed E-state index contributed by atoms with van der Waals surface area (Å²) in [6.07, 6.45) is 0. The lowest BCUT2D eigenvalue weighted by Crippen LogP contribution is -2.11. The third-order valence-electron chi connectivity index (χ3n) is 10.9. The number of hydrogen-bond acceptors (Lipinski definition) is 3. The molecule has 11 aromatic rings. The predicted molar refractivity (Wildman–Crippen MR) is 229 cm³/mol. The molecule has 0 fully saturated rings. The number of anilines is 3. The van der Waals surface area contributed by atoms with Crippen LogP contribution in [0.1, 0.15) is 0 Å². The van der Waals surface area contributed by atoms with Crippen molar-refractivity contribution in [1.29, 1.82) is 0 Å². The van der Waals surface area contributed by atoms with E-state index in [4.69, 9.17) is 8.83 Å².